The van der Waals surface area contributed by atoms with Crippen molar-refractivity contribution < 1.29 is 14.3 Å². The summed E-state index contributed by atoms with van der Waals surface area (Å²) < 4.78 is 6.37. The third-order valence-electron chi connectivity index (χ3n) is 3.17. The summed E-state index contributed by atoms with van der Waals surface area (Å²) >= 11 is 3.33. The molecule has 7 heteroatoms. The van der Waals surface area contributed by atoms with E-state index in [4.69, 9.17) is 4.74 Å². The molecule has 0 aliphatic rings. The highest BCUT2D eigenvalue weighted by Crippen LogP contribution is 2.18. The largest absolute Gasteiger partial charge is 0.481 e. The zero-order chi connectivity index (χ0) is 17.4. The average Bonchev–Trinajstić information content (AvgIpc) is 2.58. The number of amides is 2. The minimum atomic E-state index is -0.738. The minimum absolute atomic E-state index is 0.257. The zero-order valence-corrected chi connectivity index (χ0v) is 14.7. The van der Waals surface area contributed by atoms with Gasteiger partial charge in [0.15, 0.2) is 6.10 Å². The summed E-state index contributed by atoms with van der Waals surface area (Å²) in [6.45, 7) is 1.61. The van der Waals surface area contributed by atoms with Gasteiger partial charge in [0.1, 0.15) is 5.75 Å². The molecule has 1 aromatic carbocycles. The maximum absolute atomic E-state index is 11.9. The number of benzene rings is 1. The van der Waals surface area contributed by atoms with Crippen molar-refractivity contribution in [3.05, 3.63) is 58.8 Å². The number of ether oxygens (including phenoxy) is 1. The molecule has 0 saturated carbocycles. The normalized spacial score (nSPS) is 11.4. The van der Waals surface area contributed by atoms with Crippen molar-refractivity contribution in [1.29, 1.82) is 0 Å². The van der Waals surface area contributed by atoms with Gasteiger partial charge in [0.25, 0.3) is 5.91 Å². The van der Waals surface area contributed by atoms with Crippen LogP contribution in [0.25, 0.3) is 0 Å². The van der Waals surface area contributed by atoms with Crippen LogP contribution in [0, 0.1) is 0 Å². The van der Waals surface area contributed by atoms with Crippen LogP contribution in [0.5, 0.6) is 5.75 Å². The van der Waals surface area contributed by atoms with Gasteiger partial charge in [-0.3, -0.25) is 25.4 Å². The molecule has 0 saturated heterocycles. The number of aromatic nitrogens is 1. The Labute approximate surface area is 148 Å². The summed E-state index contributed by atoms with van der Waals surface area (Å²) in [5.74, 6) is -0.138. The van der Waals surface area contributed by atoms with Gasteiger partial charge in [0.2, 0.25) is 5.91 Å². The second-order valence-corrected chi connectivity index (χ2v) is 6.03. The molecule has 0 aliphatic heterocycles. The molecule has 126 valence electrons. The topological polar surface area (TPSA) is 80.3 Å². The third kappa shape index (κ3) is 6.00. The number of nitrogens with one attached hydrogen (secondary N) is 2. The summed E-state index contributed by atoms with van der Waals surface area (Å²) in [4.78, 5) is 27.7. The lowest BCUT2D eigenvalue weighted by atomic mass is 10.1. The molecule has 0 spiro atoms. The summed E-state index contributed by atoms with van der Waals surface area (Å²) in [6, 6.07) is 10.9. The van der Waals surface area contributed by atoms with Gasteiger partial charge in [-0.05, 0) is 43.2 Å². The van der Waals surface area contributed by atoms with Crippen LogP contribution in [0.15, 0.2) is 53.3 Å². The van der Waals surface area contributed by atoms with E-state index in [9.17, 15) is 9.59 Å². The summed E-state index contributed by atoms with van der Waals surface area (Å²) in [5, 5.41) is 0. The van der Waals surface area contributed by atoms with Crippen molar-refractivity contribution in [1.82, 2.24) is 15.8 Å². The molecule has 2 aromatic rings. The van der Waals surface area contributed by atoms with Crippen molar-refractivity contribution in [2.45, 2.75) is 25.9 Å². The lowest BCUT2D eigenvalue weighted by molar-refractivity contribution is -0.132. The highest BCUT2D eigenvalue weighted by Gasteiger charge is 2.15. The molecule has 24 heavy (non-hydrogen) atoms. The first-order chi connectivity index (χ1) is 11.5. The molecule has 1 atom stereocenters. The van der Waals surface area contributed by atoms with Crippen molar-refractivity contribution in [2.24, 2.45) is 0 Å². The van der Waals surface area contributed by atoms with Crippen LogP contribution in [-0.4, -0.2) is 22.9 Å². The molecule has 0 radical (unpaired) electrons. The summed E-state index contributed by atoms with van der Waals surface area (Å²) in [6.07, 6.45) is 3.46. The van der Waals surface area contributed by atoms with Crippen LogP contribution in [0.4, 0.5) is 0 Å². The number of hydrogen-bond acceptors (Lipinski definition) is 4. The minimum Gasteiger partial charge on any atom is -0.481 e. The van der Waals surface area contributed by atoms with Crippen LogP contribution in [-0.2, 0) is 16.0 Å². The van der Waals surface area contributed by atoms with Crippen LogP contribution < -0.4 is 15.6 Å². The molecule has 0 bridgehead atoms. The van der Waals surface area contributed by atoms with E-state index >= 15 is 0 Å². The van der Waals surface area contributed by atoms with Crippen LogP contribution >= 0.6 is 15.9 Å². The molecule has 2 N–H and O–H groups in total. The van der Waals surface area contributed by atoms with Gasteiger partial charge in [-0.2, -0.15) is 0 Å². The predicted octanol–water partition coefficient (Wildman–Crippen LogP) is 2.39. The SMILES string of the molecule is C[C@@H](Oc1cccc(Br)c1)C(=O)NNC(=O)CCc1cccnc1. The van der Waals surface area contributed by atoms with E-state index in [1.54, 1.807) is 31.5 Å². The monoisotopic (exact) mass is 391 g/mol. The quantitative estimate of drug-likeness (QED) is 0.740. The Hall–Kier alpha value is -2.41. The lowest BCUT2D eigenvalue weighted by Gasteiger charge is -2.15. The Bertz CT molecular complexity index is 694. The summed E-state index contributed by atoms with van der Waals surface area (Å²) in [7, 11) is 0. The number of hydrogen-bond donors (Lipinski definition) is 2. The Morgan fingerprint density at radius 3 is 2.79 bits per heavy atom. The molecular weight excluding hydrogens is 374 g/mol. The van der Waals surface area contributed by atoms with Gasteiger partial charge in [-0.25, -0.2) is 0 Å². The van der Waals surface area contributed by atoms with E-state index in [2.05, 4.69) is 31.8 Å². The van der Waals surface area contributed by atoms with E-state index in [1.807, 2.05) is 24.3 Å². The number of pyridine rings is 1. The number of halogens is 1. The maximum atomic E-state index is 11.9. The van der Waals surface area contributed by atoms with E-state index in [0.29, 0.717) is 12.2 Å². The Kier molecular flexibility index (Phi) is 6.74. The molecule has 2 rings (SSSR count). The van der Waals surface area contributed by atoms with Crippen LogP contribution in [0.2, 0.25) is 0 Å². The van der Waals surface area contributed by atoms with Gasteiger partial charge in [-0.15, -0.1) is 0 Å². The Morgan fingerprint density at radius 1 is 1.25 bits per heavy atom. The van der Waals surface area contributed by atoms with Crippen molar-refractivity contribution in [2.75, 3.05) is 0 Å². The van der Waals surface area contributed by atoms with Crippen molar-refractivity contribution >= 4 is 27.7 Å². The number of carbonyl (C=O) groups is 2. The van der Waals surface area contributed by atoms with E-state index < -0.39 is 12.0 Å². The standard InChI is InChI=1S/C17H18BrN3O3/c1-12(24-15-6-2-5-14(18)10-15)17(23)21-20-16(22)8-7-13-4-3-9-19-11-13/h2-6,9-12H,7-8H2,1H3,(H,20,22)(H,21,23)/t12-/m1/s1. The maximum Gasteiger partial charge on any atom is 0.279 e. The first kappa shape index (κ1) is 17.9. The number of aryl methyl sites for hydroxylation is 1. The van der Waals surface area contributed by atoms with E-state index in [-0.39, 0.29) is 12.3 Å². The van der Waals surface area contributed by atoms with Gasteiger partial charge in [0, 0.05) is 23.3 Å². The van der Waals surface area contributed by atoms with Crippen LogP contribution in [0.3, 0.4) is 0 Å². The first-order valence-corrected chi connectivity index (χ1v) is 8.23. The van der Waals surface area contributed by atoms with Gasteiger partial charge in [-0.1, -0.05) is 28.1 Å². The fourth-order valence-corrected chi connectivity index (χ4v) is 2.28. The van der Waals surface area contributed by atoms with Crippen molar-refractivity contribution in [3.8, 4) is 5.75 Å². The molecule has 0 fully saturated rings. The van der Waals surface area contributed by atoms with E-state index in [1.165, 1.54) is 0 Å². The number of nitrogens with zero attached hydrogens (tertiary/aromatic N) is 1. The highest BCUT2D eigenvalue weighted by molar-refractivity contribution is 9.10. The van der Waals surface area contributed by atoms with E-state index in [0.717, 1.165) is 10.0 Å². The zero-order valence-electron chi connectivity index (χ0n) is 13.2. The molecule has 2 amide bonds. The molecular formula is C17H18BrN3O3. The van der Waals surface area contributed by atoms with Gasteiger partial charge < -0.3 is 4.74 Å². The van der Waals surface area contributed by atoms with Gasteiger partial charge >= 0.3 is 0 Å². The lowest BCUT2D eigenvalue weighted by Crippen LogP contribution is -2.47. The predicted molar refractivity (Wildman–Crippen MR) is 93.1 cm³/mol. The molecule has 1 aromatic heterocycles. The van der Waals surface area contributed by atoms with Gasteiger partial charge in [0.05, 0.1) is 0 Å². The molecule has 1 heterocycles. The Balaban J connectivity index is 1.72. The summed E-state index contributed by atoms with van der Waals surface area (Å²) in [5.41, 5.74) is 5.71. The smallest absolute Gasteiger partial charge is 0.279 e. The Morgan fingerprint density at radius 2 is 2.08 bits per heavy atom. The number of hydrazine groups is 1. The average molecular weight is 392 g/mol. The number of carbonyl (C=O) groups excluding carboxylic acids is 2. The fourth-order valence-electron chi connectivity index (χ4n) is 1.90. The third-order valence-corrected chi connectivity index (χ3v) is 3.66. The second-order valence-electron chi connectivity index (χ2n) is 5.12. The van der Waals surface area contributed by atoms with Crippen molar-refractivity contribution in [3.63, 3.8) is 0 Å². The second kappa shape index (κ2) is 9.02. The highest BCUT2D eigenvalue weighted by atomic mass is 79.9. The molecule has 0 unspecified atom stereocenters. The first-order valence-electron chi connectivity index (χ1n) is 7.44. The molecule has 0 aliphatic carbocycles. The number of rotatable bonds is 6. The fraction of sp³-hybridized carbons (Fsp3) is 0.235. The molecule has 6 nitrogen and oxygen atoms in total. The van der Waals surface area contributed by atoms with Crippen LogP contribution in [0.1, 0.15) is 18.9 Å².